The quantitative estimate of drug-likeness (QED) is 0.642. The van der Waals surface area contributed by atoms with Crippen LogP contribution in [0.5, 0.6) is 0 Å². The predicted molar refractivity (Wildman–Crippen MR) is 104 cm³/mol. The van der Waals surface area contributed by atoms with Crippen molar-refractivity contribution >= 4 is 33.0 Å². The zero-order valence-corrected chi connectivity index (χ0v) is 16.6. The van der Waals surface area contributed by atoms with Crippen molar-refractivity contribution in [1.82, 2.24) is 25.1 Å². The first-order valence-corrected chi connectivity index (χ1v) is 10.4. The van der Waals surface area contributed by atoms with E-state index in [1.165, 1.54) is 35.4 Å². The average Bonchev–Trinajstić information content (AvgIpc) is 3.11. The number of nitrogen functional groups attached to an aromatic ring is 1. The summed E-state index contributed by atoms with van der Waals surface area (Å²) in [6, 6.07) is 6.77. The van der Waals surface area contributed by atoms with Crippen molar-refractivity contribution in [3.63, 3.8) is 0 Å². The van der Waals surface area contributed by atoms with Crippen LogP contribution in [0.1, 0.15) is 29.1 Å². The Morgan fingerprint density at radius 2 is 2.00 bits per heavy atom. The summed E-state index contributed by atoms with van der Waals surface area (Å²) < 4.78 is 25.0. The van der Waals surface area contributed by atoms with Crippen molar-refractivity contribution in [3.8, 4) is 5.82 Å². The fourth-order valence-electron chi connectivity index (χ4n) is 2.50. The largest absolute Gasteiger partial charge is 0.397 e. The molecule has 0 saturated carbocycles. The van der Waals surface area contributed by atoms with Crippen molar-refractivity contribution in [1.29, 1.82) is 0 Å². The topological polar surface area (TPSA) is 133 Å². The van der Waals surface area contributed by atoms with Crippen LogP contribution in [0.15, 0.2) is 47.8 Å². The van der Waals surface area contributed by atoms with Crippen LogP contribution in [0.2, 0.25) is 5.02 Å². The van der Waals surface area contributed by atoms with Crippen LogP contribution in [-0.2, 0) is 9.84 Å². The smallest absolute Gasteiger partial charge is 0.251 e. The first kappa shape index (κ1) is 19.8. The summed E-state index contributed by atoms with van der Waals surface area (Å²) in [4.78, 5) is 21.0. The van der Waals surface area contributed by atoms with Gasteiger partial charge in [0, 0.05) is 16.8 Å². The van der Waals surface area contributed by atoms with E-state index in [1.807, 2.05) is 0 Å². The third-order valence-corrected chi connectivity index (χ3v) is 5.17. The molecule has 0 aliphatic rings. The van der Waals surface area contributed by atoms with Gasteiger partial charge in [-0.25, -0.2) is 18.4 Å². The van der Waals surface area contributed by atoms with Gasteiger partial charge in [0.25, 0.3) is 5.91 Å². The molecule has 0 aliphatic heterocycles. The molecule has 11 heteroatoms. The summed E-state index contributed by atoms with van der Waals surface area (Å²) in [5, 5.41) is 7.03. The summed E-state index contributed by atoms with van der Waals surface area (Å²) in [5.41, 5.74) is 6.28. The van der Waals surface area contributed by atoms with Crippen LogP contribution in [0.3, 0.4) is 0 Å². The lowest BCUT2D eigenvalue weighted by molar-refractivity contribution is 0.0937. The van der Waals surface area contributed by atoms with Crippen molar-refractivity contribution in [2.45, 2.75) is 17.9 Å². The van der Waals surface area contributed by atoms with E-state index in [0.29, 0.717) is 17.3 Å². The molecule has 2 heterocycles. The van der Waals surface area contributed by atoms with Gasteiger partial charge in [-0.3, -0.25) is 4.79 Å². The van der Waals surface area contributed by atoms with Gasteiger partial charge in [0.05, 0.1) is 22.8 Å². The maximum Gasteiger partial charge on any atom is 0.251 e. The lowest BCUT2D eigenvalue weighted by Gasteiger charge is -2.15. The highest BCUT2D eigenvalue weighted by Crippen LogP contribution is 2.20. The number of nitrogens with zero attached hydrogens (tertiary/aromatic N) is 4. The molecule has 9 nitrogen and oxygen atoms in total. The lowest BCUT2D eigenvalue weighted by Crippen LogP contribution is -2.29. The molecule has 0 fully saturated rings. The number of nitrogens with one attached hydrogen (secondary N) is 1. The molecule has 1 amide bonds. The molecule has 3 rings (SSSR count). The molecule has 0 spiro atoms. The number of sulfone groups is 1. The van der Waals surface area contributed by atoms with E-state index in [4.69, 9.17) is 17.3 Å². The molecule has 3 aromatic rings. The fourth-order valence-corrected chi connectivity index (χ4v) is 3.48. The molecule has 3 N–H and O–H groups in total. The Kier molecular flexibility index (Phi) is 5.34. The predicted octanol–water partition coefficient (Wildman–Crippen LogP) is 1.79. The third kappa shape index (κ3) is 4.29. The van der Waals surface area contributed by atoms with Gasteiger partial charge in [0.15, 0.2) is 21.5 Å². The van der Waals surface area contributed by atoms with Crippen molar-refractivity contribution < 1.29 is 13.2 Å². The van der Waals surface area contributed by atoms with E-state index in [2.05, 4.69) is 20.4 Å². The van der Waals surface area contributed by atoms with Gasteiger partial charge in [-0.15, -0.1) is 0 Å². The number of benzene rings is 1. The Balaban J connectivity index is 1.86. The first-order valence-electron chi connectivity index (χ1n) is 8.08. The van der Waals surface area contributed by atoms with Crippen LogP contribution in [0.4, 0.5) is 5.69 Å². The minimum atomic E-state index is -3.51. The van der Waals surface area contributed by atoms with Crippen LogP contribution < -0.4 is 11.1 Å². The normalized spacial score (nSPS) is 12.5. The Labute approximate surface area is 166 Å². The molecule has 1 atom stereocenters. The summed E-state index contributed by atoms with van der Waals surface area (Å²) in [6.45, 7) is 1.72. The second-order valence-corrected chi connectivity index (χ2v) is 8.57. The minimum absolute atomic E-state index is 0.0351. The third-order valence-electron chi connectivity index (χ3n) is 3.86. The van der Waals surface area contributed by atoms with E-state index in [-0.39, 0.29) is 15.5 Å². The molecular formula is C17H17ClN6O3S. The van der Waals surface area contributed by atoms with E-state index in [9.17, 15) is 13.2 Å². The van der Waals surface area contributed by atoms with Gasteiger partial charge < -0.3 is 11.1 Å². The van der Waals surface area contributed by atoms with E-state index in [1.54, 1.807) is 19.1 Å². The number of amides is 1. The highest BCUT2D eigenvalue weighted by atomic mass is 35.5. The number of pyridine rings is 1. The number of halogens is 1. The van der Waals surface area contributed by atoms with E-state index < -0.39 is 21.8 Å². The zero-order chi connectivity index (χ0) is 20.5. The summed E-state index contributed by atoms with van der Waals surface area (Å²) in [7, 11) is -3.51. The number of nitrogens with two attached hydrogens (primary N) is 1. The highest BCUT2D eigenvalue weighted by molar-refractivity contribution is 7.90. The Morgan fingerprint density at radius 3 is 2.64 bits per heavy atom. The highest BCUT2D eigenvalue weighted by Gasteiger charge is 2.20. The standard InChI is InChI=1S/C17H17ClN6O3S/c1-10(16-21-9-22-24(16)15-4-3-13(19)8-20-15)23-17(25)11-5-12(18)7-14(6-11)28(2,26)27/h3-10H,19H2,1-2H3,(H,23,25)/t10-/m1/s1. The minimum Gasteiger partial charge on any atom is -0.397 e. The second-order valence-electron chi connectivity index (χ2n) is 6.12. The molecule has 0 aliphatic carbocycles. The molecular weight excluding hydrogens is 404 g/mol. The molecule has 0 unspecified atom stereocenters. The SMILES string of the molecule is C[C@@H](NC(=O)c1cc(Cl)cc(S(C)(=O)=O)c1)c1ncnn1-c1ccc(N)cn1. The molecule has 146 valence electrons. The average molecular weight is 421 g/mol. The first-order chi connectivity index (χ1) is 13.1. The summed E-state index contributed by atoms with van der Waals surface area (Å²) in [5.74, 6) is 0.431. The number of hydrogen-bond donors (Lipinski definition) is 2. The number of hydrogen-bond acceptors (Lipinski definition) is 7. The monoisotopic (exact) mass is 420 g/mol. The van der Waals surface area contributed by atoms with Gasteiger partial charge in [0.2, 0.25) is 0 Å². The van der Waals surface area contributed by atoms with Gasteiger partial charge in [-0.1, -0.05) is 11.6 Å². The summed E-state index contributed by atoms with van der Waals surface area (Å²) >= 11 is 5.96. The van der Waals surface area contributed by atoms with E-state index in [0.717, 1.165) is 6.26 Å². The van der Waals surface area contributed by atoms with Crippen LogP contribution >= 0.6 is 11.6 Å². The number of carbonyl (C=O) groups is 1. The van der Waals surface area contributed by atoms with Crippen molar-refractivity contribution in [2.24, 2.45) is 0 Å². The van der Waals surface area contributed by atoms with Crippen LogP contribution in [-0.4, -0.2) is 40.3 Å². The van der Waals surface area contributed by atoms with Gasteiger partial charge in [-0.2, -0.15) is 9.78 Å². The van der Waals surface area contributed by atoms with E-state index >= 15 is 0 Å². The maximum absolute atomic E-state index is 12.6. The maximum atomic E-state index is 12.6. The fraction of sp³-hybridized carbons (Fsp3) is 0.176. The summed E-state index contributed by atoms with van der Waals surface area (Å²) in [6.07, 6.45) is 3.88. The number of carbonyl (C=O) groups excluding carboxylic acids is 1. The zero-order valence-electron chi connectivity index (χ0n) is 15.0. The molecule has 28 heavy (non-hydrogen) atoms. The van der Waals surface area contributed by atoms with Crippen LogP contribution in [0.25, 0.3) is 5.82 Å². The molecule has 0 saturated heterocycles. The number of aromatic nitrogens is 4. The lowest BCUT2D eigenvalue weighted by atomic mass is 10.2. The van der Waals surface area contributed by atoms with Gasteiger partial charge in [0.1, 0.15) is 6.33 Å². The Morgan fingerprint density at radius 1 is 1.25 bits per heavy atom. The van der Waals surface area contributed by atoms with Crippen molar-refractivity contribution in [3.05, 3.63) is 59.3 Å². The molecule has 2 aromatic heterocycles. The Hall–Kier alpha value is -2.98. The van der Waals surface area contributed by atoms with Crippen LogP contribution in [0, 0.1) is 0 Å². The molecule has 0 bridgehead atoms. The Bertz CT molecular complexity index is 1130. The van der Waals surface area contributed by atoms with Gasteiger partial charge >= 0.3 is 0 Å². The van der Waals surface area contributed by atoms with Gasteiger partial charge in [-0.05, 0) is 37.3 Å². The number of rotatable bonds is 5. The number of anilines is 1. The second kappa shape index (κ2) is 7.56. The van der Waals surface area contributed by atoms with Crippen molar-refractivity contribution in [2.75, 3.05) is 12.0 Å². The molecule has 1 aromatic carbocycles. The molecule has 0 radical (unpaired) electrons.